The Morgan fingerprint density at radius 3 is 2.09 bits per heavy atom. The first-order valence-electron chi connectivity index (χ1n) is 15.5. The van der Waals surface area contributed by atoms with Crippen LogP contribution in [-0.2, 0) is 19.7 Å². The number of hydrogen-bond acceptors (Lipinski definition) is 5. The van der Waals surface area contributed by atoms with Gasteiger partial charge >= 0.3 is 5.97 Å². The van der Waals surface area contributed by atoms with Gasteiger partial charge in [0.2, 0.25) is 5.91 Å². The van der Waals surface area contributed by atoms with Gasteiger partial charge in [-0.1, -0.05) is 137 Å². The number of Topliss-reactive ketones (excluding diaryl/α,β-unsaturated/α-hetero) is 1. The van der Waals surface area contributed by atoms with Crippen molar-refractivity contribution >= 4 is 51.0 Å². The second kappa shape index (κ2) is 11.5. The van der Waals surface area contributed by atoms with Gasteiger partial charge in [0.25, 0.3) is 0 Å². The van der Waals surface area contributed by atoms with Crippen LogP contribution in [0.3, 0.4) is 0 Å². The summed E-state index contributed by atoms with van der Waals surface area (Å²) in [6.07, 6.45) is 3.19. The normalized spacial score (nSPS) is 22.0. The molecule has 8 rings (SSSR count). The molecule has 0 bridgehead atoms. The van der Waals surface area contributed by atoms with Crippen LogP contribution in [0.25, 0.3) is 6.08 Å². The fourth-order valence-corrected chi connectivity index (χ4v) is 7.91. The van der Waals surface area contributed by atoms with Crippen LogP contribution in [0.4, 0.5) is 11.4 Å². The van der Waals surface area contributed by atoms with E-state index in [9.17, 15) is 9.59 Å². The molecule has 1 spiro atoms. The Balaban J connectivity index is 1.36. The van der Waals surface area contributed by atoms with Crippen molar-refractivity contribution in [2.45, 2.75) is 23.6 Å². The number of ketones is 1. The highest BCUT2D eigenvalue weighted by Crippen LogP contribution is 2.58. The molecule has 3 aliphatic heterocycles. The monoisotopic (exact) mass is 680 g/mol. The minimum Gasteiger partial charge on any atom is -0.452 e. The van der Waals surface area contributed by atoms with Crippen molar-refractivity contribution in [2.24, 2.45) is 5.92 Å². The maximum absolute atomic E-state index is 15.2. The molecule has 5 aromatic carbocycles. The largest absolute Gasteiger partial charge is 0.452 e. The van der Waals surface area contributed by atoms with Crippen molar-refractivity contribution in [2.75, 3.05) is 10.2 Å². The lowest BCUT2D eigenvalue weighted by molar-refractivity contribution is -0.156. The third-order valence-electron chi connectivity index (χ3n) is 9.63. The SMILES string of the molecule is O=C(c1ccc(Br)cc1)[C@H]1[C@H](C(=O)OC(c2ccccc2)c2ccccc2)[C@@]2(C(=O)Nc3ccccc32)[C@H]2C=Cc3ccccc3N12. The summed E-state index contributed by atoms with van der Waals surface area (Å²) < 4.78 is 7.39. The number of fused-ring (bicyclic) bond motifs is 6. The standard InChI is InChI=1S/C40H29BrN2O4/c41-29-22-19-26(20-23-29)36(44)35-34(38(45)47-37(27-12-3-1-4-13-27)28-14-5-2-6-15-28)40(30-16-8-9-17-31(30)42-39(40)46)33-24-21-25-11-7-10-18-32(25)43(33)35/h1-24,33-35,37H,(H,42,46)/t33-,34-,35-,40+/m1/s1. The van der Waals surface area contributed by atoms with E-state index in [-0.39, 0.29) is 11.7 Å². The van der Waals surface area contributed by atoms with Gasteiger partial charge < -0.3 is 15.0 Å². The highest BCUT2D eigenvalue weighted by molar-refractivity contribution is 9.10. The Bertz CT molecular complexity index is 2010. The smallest absolute Gasteiger partial charge is 0.314 e. The average molecular weight is 682 g/mol. The average Bonchev–Trinajstić information content (AvgIpc) is 3.60. The van der Waals surface area contributed by atoms with E-state index in [1.807, 2.05) is 138 Å². The predicted octanol–water partition coefficient (Wildman–Crippen LogP) is 7.76. The van der Waals surface area contributed by atoms with Gasteiger partial charge in [-0.3, -0.25) is 14.4 Å². The molecular formula is C40H29BrN2O4. The summed E-state index contributed by atoms with van der Waals surface area (Å²) in [7, 11) is 0. The Morgan fingerprint density at radius 1 is 0.766 bits per heavy atom. The number of rotatable bonds is 6. The summed E-state index contributed by atoms with van der Waals surface area (Å²) in [5, 5.41) is 3.07. The van der Waals surface area contributed by atoms with Gasteiger partial charge in [-0.2, -0.15) is 0 Å². The summed E-state index contributed by atoms with van der Waals surface area (Å²) in [5.74, 6) is -2.41. The minimum atomic E-state index is -1.45. The van der Waals surface area contributed by atoms with Crippen LogP contribution in [0, 0.1) is 5.92 Å². The zero-order valence-corrected chi connectivity index (χ0v) is 26.7. The van der Waals surface area contributed by atoms with Crippen LogP contribution < -0.4 is 10.2 Å². The van der Waals surface area contributed by atoms with E-state index in [1.54, 1.807) is 12.1 Å². The molecule has 0 radical (unpaired) electrons. The number of esters is 1. The van der Waals surface area contributed by atoms with Gasteiger partial charge in [0.1, 0.15) is 17.4 Å². The zero-order valence-electron chi connectivity index (χ0n) is 25.1. The predicted molar refractivity (Wildman–Crippen MR) is 185 cm³/mol. The van der Waals surface area contributed by atoms with Gasteiger partial charge in [0.15, 0.2) is 11.9 Å². The number of nitrogens with one attached hydrogen (secondary N) is 1. The molecule has 0 aromatic heterocycles. The molecule has 6 nitrogen and oxygen atoms in total. The van der Waals surface area contributed by atoms with Gasteiger partial charge in [-0.25, -0.2) is 0 Å². The molecule has 4 atom stereocenters. The number of nitrogens with zero attached hydrogens (tertiary/aromatic N) is 1. The summed E-state index contributed by atoms with van der Waals surface area (Å²) in [4.78, 5) is 46.7. The first kappa shape index (κ1) is 29.2. The highest BCUT2D eigenvalue weighted by atomic mass is 79.9. The lowest BCUT2D eigenvalue weighted by atomic mass is 9.66. The number of ether oxygens (including phenoxy) is 1. The molecule has 0 unspecified atom stereocenters. The third kappa shape index (κ3) is 4.56. The van der Waals surface area contributed by atoms with Crippen LogP contribution in [-0.4, -0.2) is 29.7 Å². The van der Waals surface area contributed by atoms with Crippen molar-refractivity contribution in [1.82, 2.24) is 0 Å². The molecule has 7 heteroatoms. The van der Waals surface area contributed by atoms with Gasteiger partial charge in [0, 0.05) is 21.4 Å². The fourth-order valence-electron chi connectivity index (χ4n) is 7.64. The molecule has 0 aliphatic carbocycles. The number of para-hydroxylation sites is 2. The van der Waals surface area contributed by atoms with Gasteiger partial charge in [0.05, 0.1) is 6.04 Å². The van der Waals surface area contributed by atoms with E-state index in [2.05, 4.69) is 21.2 Å². The Kier molecular flexibility index (Phi) is 7.14. The Hall–Kier alpha value is -5.27. The number of benzene rings is 5. The fraction of sp³-hybridized carbons (Fsp3) is 0.125. The Labute approximate surface area is 280 Å². The van der Waals surface area contributed by atoms with Crippen LogP contribution in [0.2, 0.25) is 0 Å². The van der Waals surface area contributed by atoms with Crippen LogP contribution in [0.5, 0.6) is 0 Å². The molecule has 1 N–H and O–H groups in total. The van der Waals surface area contributed by atoms with Crippen molar-refractivity contribution in [3.8, 4) is 0 Å². The Morgan fingerprint density at radius 2 is 1.38 bits per heavy atom. The van der Waals surface area contributed by atoms with E-state index < -0.39 is 35.5 Å². The highest BCUT2D eigenvalue weighted by Gasteiger charge is 2.71. The molecule has 1 fully saturated rings. The molecule has 1 amide bonds. The number of carbonyl (C=O) groups is 3. The zero-order chi connectivity index (χ0) is 32.1. The molecular weight excluding hydrogens is 652 g/mol. The molecule has 3 aliphatic rings. The van der Waals surface area contributed by atoms with E-state index in [1.165, 1.54) is 0 Å². The van der Waals surface area contributed by atoms with Crippen LogP contribution in [0.1, 0.15) is 38.7 Å². The topological polar surface area (TPSA) is 75.7 Å². The van der Waals surface area contributed by atoms with Crippen molar-refractivity contribution in [3.63, 3.8) is 0 Å². The number of amides is 1. The number of hydrogen-bond donors (Lipinski definition) is 1. The van der Waals surface area contributed by atoms with Gasteiger partial charge in [-0.05, 0) is 46.5 Å². The van der Waals surface area contributed by atoms with E-state index in [4.69, 9.17) is 4.74 Å². The van der Waals surface area contributed by atoms with E-state index >= 15 is 4.79 Å². The summed E-state index contributed by atoms with van der Waals surface area (Å²) in [5.41, 5.74) is 3.54. The number of carbonyl (C=O) groups excluding carboxylic acids is 3. The lowest BCUT2D eigenvalue weighted by Gasteiger charge is -2.37. The van der Waals surface area contributed by atoms with Gasteiger partial charge in [-0.15, -0.1) is 0 Å². The van der Waals surface area contributed by atoms with E-state index in [0.717, 1.165) is 26.9 Å². The van der Waals surface area contributed by atoms with Crippen molar-refractivity contribution < 1.29 is 19.1 Å². The molecule has 230 valence electrons. The van der Waals surface area contributed by atoms with Crippen LogP contribution in [0.15, 0.2) is 144 Å². The first-order chi connectivity index (χ1) is 23.0. The minimum absolute atomic E-state index is 0.264. The van der Waals surface area contributed by atoms with E-state index in [0.29, 0.717) is 16.8 Å². The molecule has 1 saturated heterocycles. The summed E-state index contributed by atoms with van der Waals surface area (Å²) in [6, 6.07) is 39.8. The molecule has 47 heavy (non-hydrogen) atoms. The maximum atomic E-state index is 15.2. The number of anilines is 2. The quantitative estimate of drug-likeness (QED) is 0.147. The van der Waals surface area contributed by atoms with Crippen molar-refractivity contribution in [3.05, 3.63) is 172 Å². The van der Waals surface area contributed by atoms with Crippen LogP contribution >= 0.6 is 15.9 Å². The second-order valence-electron chi connectivity index (χ2n) is 12.1. The molecule has 0 saturated carbocycles. The summed E-state index contributed by atoms with van der Waals surface area (Å²) >= 11 is 3.48. The number of halogens is 1. The van der Waals surface area contributed by atoms with Crippen molar-refractivity contribution in [1.29, 1.82) is 0 Å². The maximum Gasteiger partial charge on any atom is 0.314 e. The second-order valence-corrected chi connectivity index (χ2v) is 13.0. The molecule has 3 heterocycles. The first-order valence-corrected chi connectivity index (χ1v) is 16.3. The summed E-state index contributed by atoms with van der Waals surface area (Å²) in [6.45, 7) is 0. The molecule has 5 aromatic rings. The lowest BCUT2D eigenvalue weighted by Crippen LogP contribution is -2.51. The third-order valence-corrected chi connectivity index (χ3v) is 10.2.